The van der Waals surface area contributed by atoms with Gasteiger partial charge < -0.3 is 10.4 Å². The molecule has 1 rings (SSSR count). The fourth-order valence-electron chi connectivity index (χ4n) is 1.24. The van der Waals surface area contributed by atoms with E-state index in [0.29, 0.717) is 12.0 Å². The van der Waals surface area contributed by atoms with Gasteiger partial charge in [0.1, 0.15) is 0 Å². The highest BCUT2D eigenvalue weighted by Gasteiger charge is 2.23. The van der Waals surface area contributed by atoms with Crippen molar-refractivity contribution in [3.63, 3.8) is 0 Å². The van der Waals surface area contributed by atoms with Crippen molar-refractivity contribution in [1.29, 1.82) is 0 Å². The van der Waals surface area contributed by atoms with Gasteiger partial charge in [-0.3, -0.25) is 0 Å². The molecule has 0 aliphatic carbocycles. The molecule has 1 aliphatic rings. The van der Waals surface area contributed by atoms with Crippen molar-refractivity contribution >= 4 is 0 Å². The van der Waals surface area contributed by atoms with Crippen molar-refractivity contribution < 1.29 is 5.11 Å². The van der Waals surface area contributed by atoms with Crippen molar-refractivity contribution in [2.24, 2.45) is 5.92 Å². The maximum atomic E-state index is 9.31. The molecule has 0 aromatic carbocycles. The first-order valence-electron chi connectivity index (χ1n) is 3.63. The SMILES string of the molecule is C[C@@H]1[C@H](O)CCN[C@@H]1C. The van der Waals surface area contributed by atoms with E-state index in [1.54, 1.807) is 0 Å². The van der Waals surface area contributed by atoms with Gasteiger partial charge in [-0.1, -0.05) is 6.92 Å². The second kappa shape index (κ2) is 2.67. The van der Waals surface area contributed by atoms with Crippen LogP contribution < -0.4 is 5.32 Å². The van der Waals surface area contributed by atoms with Crippen LogP contribution in [-0.2, 0) is 0 Å². The van der Waals surface area contributed by atoms with Crippen molar-refractivity contribution in [3.05, 3.63) is 0 Å². The molecule has 0 aromatic rings. The summed E-state index contributed by atoms with van der Waals surface area (Å²) in [5, 5.41) is 12.6. The summed E-state index contributed by atoms with van der Waals surface area (Å²) in [6.07, 6.45) is 0.826. The van der Waals surface area contributed by atoms with E-state index in [9.17, 15) is 5.11 Å². The van der Waals surface area contributed by atoms with Crippen LogP contribution >= 0.6 is 0 Å². The lowest BCUT2D eigenvalue weighted by atomic mass is 9.91. The lowest BCUT2D eigenvalue weighted by Crippen LogP contribution is -2.45. The van der Waals surface area contributed by atoms with Crippen LogP contribution in [0.25, 0.3) is 0 Å². The summed E-state index contributed by atoms with van der Waals surface area (Å²) >= 11 is 0. The average molecular weight is 129 g/mol. The summed E-state index contributed by atoms with van der Waals surface area (Å²) in [4.78, 5) is 0. The van der Waals surface area contributed by atoms with Crippen molar-refractivity contribution in [3.8, 4) is 0 Å². The quantitative estimate of drug-likeness (QED) is 0.495. The van der Waals surface area contributed by atoms with E-state index in [1.165, 1.54) is 0 Å². The molecule has 1 fully saturated rings. The van der Waals surface area contributed by atoms with Gasteiger partial charge in [0.05, 0.1) is 6.10 Å². The summed E-state index contributed by atoms with van der Waals surface area (Å²) in [6, 6.07) is 0.480. The summed E-state index contributed by atoms with van der Waals surface area (Å²) in [5.41, 5.74) is 0. The van der Waals surface area contributed by atoms with Crippen molar-refractivity contribution in [2.45, 2.75) is 32.4 Å². The number of aliphatic hydroxyl groups excluding tert-OH is 1. The highest BCUT2D eigenvalue weighted by Crippen LogP contribution is 2.15. The molecule has 1 saturated heterocycles. The first-order valence-corrected chi connectivity index (χ1v) is 3.63. The molecule has 0 saturated carbocycles. The summed E-state index contributed by atoms with van der Waals surface area (Å²) in [5.74, 6) is 0.416. The minimum atomic E-state index is -0.0822. The molecule has 3 atom stereocenters. The molecule has 0 aromatic heterocycles. The zero-order valence-corrected chi connectivity index (χ0v) is 6.09. The first kappa shape index (κ1) is 7.03. The molecular weight excluding hydrogens is 114 g/mol. The molecule has 1 heterocycles. The second-order valence-electron chi connectivity index (χ2n) is 2.96. The maximum absolute atomic E-state index is 9.31. The Bertz CT molecular complexity index is 84.9. The summed E-state index contributed by atoms with van der Waals surface area (Å²) in [7, 11) is 0. The van der Waals surface area contributed by atoms with E-state index < -0.39 is 0 Å². The van der Waals surface area contributed by atoms with Crippen LogP contribution in [0.15, 0.2) is 0 Å². The highest BCUT2D eigenvalue weighted by molar-refractivity contribution is 4.80. The number of rotatable bonds is 0. The Morgan fingerprint density at radius 1 is 1.44 bits per heavy atom. The third kappa shape index (κ3) is 1.43. The third-order valence-electron chi connectivity index (χ3n) is 2.30. The van der Waals surface area contributed by atoms with E-state index in [-0.39, 0.29) is 6.10 Å². The number of aliphatic hydroxyl groups is 1. The van der Waals surface area contributed by atoms with Gasteiger partial charge in [0.25, 0.3) is 0 Å². The van der Waals surface area contributed by atoms with Gasteiger partial charge in [-0.05, 0) is 25.8 Å². The molecule has 0 spiro atoms. The Kier molecular flexibility index (Phi) is 2.09. The Morgan fingerprint density at radius 2 is 2.11 bits per heavy atom. The maximum Gasteiger partial charge on any atom is 0.0592 e. The number of hydrogen-bond acceptors (Lipinski definition) is 2. The predicted octanol–water partition coefficient (Wildman–Crippen LogP) is 0.365. The minimum absolute atomic E-state index is 0.0822. The van der Waals surface area contributed by atoms with E-state index >= 15 is 0 Å². The van der Waals surface area contributed by atoms with Crippen LogP contribution in [0.5, 0.6) is 0 Å². The molecule has 2 heteroatoms. The van der Waals surface area contributed by atoms with Crippen molar-refractivity contribution in [2.75, 3.05) is 6.54 Å². The molecule has 0 amide bonds. The Labute approximate surface area is 56.3 Å². The van der Waals surface area contributed by atoms with E-state index in [2.05, 4.69) is 19.2 Å². The van der Waals surface area contributed by atoms with E-state index in [1.807, 2.05) is 0 Å². The normalized spacial score (nSPS) is 45.0. The molecule has 2 N–H and O–H groups in total. The predicted molar refractivity (Wildman–Crippen MR) is 37.3 cm³/mol. The van der Waals surface area contributed by atoms with Crippen LogP contribution in [0.4, 0.5) is 0 Å². The Hall–Kier alpha value is -0.0800. The number of hydrogen-bond donors (Lipinski definition) is 2. The van der Waals surface area contributed by atoms with Crippen molar-refractivity contribution in [1.82, 2.24) is 5.32 Å². The van der Waals surface area contributed by atoms with E-state index in [4.69, 9.17) is 0 Å². The largest absolute Gasteiger partial charge is 0.393 e. The van der Waals surface area contributed by atoms with Gasteiger partial charge in [0.2, 0.25) is 0 Å². The van der Waals surface area contributed by atoms with Gasteiger partial charge in [-0.15, -0.1) is 0 Å². The summed E-state index contributed by atoms with van der Waals surface area (Å²) in [6.45, 7) is 5.17. The van der Waals surface area contributed by atoms with Crippen LogP contribution in [0.1, 0.15) is 20.3 Å². The van der Waals surface area contributed by atoms with Gasteiger partial charge in [0.15, 0.2) is 0 Å². The minimum Gasteiger partial charge on any atom is -0.393 e. The zero-order chi connectivity index (χ0) is 6.85. The molecule has 9 heavy (non-hydrogen) atoms. The second-order valence-corrected chi connectivity index (χ2v) is 2.96. The number of nitrogens with one attached hydrogen (secondary N) is 1. The van der Waals surface area contributed by atoms with Crippen LogP contribution in [0.3, 0.4) is 0 Å². The highest BCUT2D eigenvalue weighted by atomic mass is 16.3. The smallest absolute Gasteiger partial charge is 0.0592 e. The number of piperidine rings is 1. The molecule has 2 nitrogen and oxygen atoms in total. The van der Waals surface area contributed by atoms with Gasteiger partial charge >= 0.3 is 0 Å². The van der Waals surface area contributed by atoms with Gasteiger partial charge in [-0.25, -0.2) is 0 Å². The molecule has 0 unspecified atom stereocenters. The molecule has 1 aliphatic heterocycles. The average Bonchev–Trinajstić information content (AvgIpc) is 1.83. The Balaban J connectivity index is 2.41. The first-order chi connectivity index (χ1) is 4.22. The summed E-state index contributed by atoms with van der Waals surface area (Å²) < 4.78 is 0. The molecule has 0 bridgehead atoms. The zero-order valence-electron chi connectivity index (χ0n) is 6.09. The molecular formula is C7H15NO. The standard InChI is InChI=1S/C7H15NO/c1-5-6(2)8-4-3-7(5)9/h5-9H,3-4H2,1-2H3/t5-,6+,7+/m0/s1. The third-order valence-corrected chi connectivity index (χ3v) is 2.30. The lowest BCUT2D eigenvalue weighted by molar-refractivity contribution is 0.0661. The van der Waals surface area contributed by atoms with Crippen LogP contribution in [0.2, 0.25) is 0 Å². The topological polar surface area (TPSA) is 32.3 Å². The van der Waals surface area contributed by atoms with Gasteiger partial charge in [-0.2, -0.15) is 0 Å². The van der Waals surface area contributed by atoms with Crippen LogP contribution in [-0.4, -0.2) is 23.8 Å². The van der Waals surface area contributed by atoms with Crippen LogP contribution in [0, 0.1) is 5.92 Å². The fourth-order valence-corrected chi connectivity index (χ4v) is 1.24. The fraction of sp³-hybridized carbons (Fsp3) is 1.00. The van der Waals surface area contributed by atoms with Gasteiger partial charge in [0, 0.05) is 6.04 Å². The molecule has 54 valence electrons. The molecule has 0 radical (unpaired) electrons. The monoisotopic (exact) mass is 129 g/mol. The van der Waals surface area contributed by atoms with E-state index in [0.717, 1.165) is 13.0 Å². The lowest BCUT2D eigenvalue weighted by Gasteiger charge is -2.31. The Morgan fingerprint density at radius 3 is 2.56 bits per heavy atom.